The molecule has 5 nitrogen and oxygen atoms in total. The number of hydrogen-bond donors (Lipinski definition) is 0. The highest BCUT2D eigenvalue weighted by Crippen LogP contribution is 2.32. The summed E-state index contributed by atoms with van der Waals surface area (Å²) in [6.45, 7) is 6.71. The van der Waals surface area contributed by atoms with Crippen molar-refractivity contribution in [2.75, 3.05) is 6.61 Å². The maximum absolute atomic E-state index is 5.60. The van der Waals surface area contributed by atoms with E-state index in [0.29, 0.717) is 12.5 Å². The first kappa shape index (κ1) is 15.0. The minimum Gasteiger partial charge on any atom is -0.477 e. The minimum absolute atomic E-state index is 0.277. The predicted molar refractivity (Wildman–Crippen MR) is 90.0 cm³/mol. The van der Waals surface area contributed by atoms with Gasteiger partial charge in [0.15, 0.2) is 0 Å². The van der Waals surface area contributed by atoms with Gasteiger partial charge in [-0.25, -0.2) is 9.97 Å². The van der Waals surface area contributed by atoms with Crippen LogP contribution in [0.2, 0.25) is 0 Å². The molecule has 0 aromatic carbocycles. The van der Waals surface area contributed by atoms with Gasteiger partial charge < -0.3 is 4.74 Å². The largest absolute Gasteiger partial charge is 0.477 e. The third-order valence-corrected chi connectivity index (χ3v) is 3.93. The third kappa shape index (κ3) is 2.59. The lowest BCUT2D eigenvalue weighted by molar-refractivity contribution is 0.328. The van der Waals surface area contributed by atoms with Crippen molar-refractivity contribution in [1.29, 1.82) is 0 Å². The van der Waals surface area contributed by atoms with Crippen molar-refractivity contribution < 1.29 is 4.74 Å². The number of nitrogens with zero attached hydrogens (tertiary/aromatic N) is 4. The Balaban J connectivity index is 2.18. The van der Waals surface area contributed by atoms with E-state index in [0.717, 1.165) is 26.8 Å². The lowest BCUT2D eigenvalue weighted by Crippen LogP contribution is -2.03. The second-order valence-electron chi connectivity index (χ2n) is 5.20. The van der Waals surface area contributed by atoms with Gasteiger partial charge >= 0.3 is 0 Å². The van der Waals surface area contributed by atoms with Crippen LogP contribution in [0.1, 0.15) is 26.8 Å². The van der Waals surface area contributed by atoms with Gasteiger partial charge in [-0.1, -0.05) is 0 Å². The van der Waals surface area contributed by atoms with Gasteiger partial charge in [0, 0.05) is 16.7 Å². The molecule has 0 unspecified atom stereocenters. The van der Waals surface area contributed by atoms with Crippen molar-refractivity contribution in [1.82, 2.24) is 19.7 Å². The third-order valence-electron chi connectivity index (χ3n) is 3.32. The molecule has 3 heterocycles. The van der Waals surface area contributed by atoms with Gasteiger partial charge in [0.25, 0.3) is 0 Å². The van der Waals surface area contributed by atoms with E-state index in [-0.39, 0.29) is 6.04 Å². The molecule has 0 aliphatic heterocycles. The molecule has 6 heteroatoms. The molecule has 0 aliphatic carbocycles. The van der Waals surface area contributed by atoms with Crippen molar-refractivity contribution in [3.8, 4) is 17.1 Å². The topological polar surface area (TPSA) is 52.8 Å². The Morgan fingerprint density at radius 2 is 2.18 bits per heavy atom. The van der Waals surface area contributed by atoms with Crippen LogP contribution in [0.3, 0.4) is 0 Å². The van der Waals surface area contributed by atoms with E-state index in [9.17, 15) is 0 Å². The van der Waals surface area contributed by atoms with E-state index in [1.54, 1.807) is 12.4 Å². The number of halogens is 1. The van der Waals surface area contributed by atoms with Crippen LogP contribution >= 0.6 is 15.9 Å². The minimum atomic E-state index is 0.277. The van der Waals surface area contributed by atoms with Crippen LogP contribution in [0.15, 0.2) is 35.1 Å². The molecule has 3 rings (SSSR count). The van der Waals surface area contributed by atoms with Crippen molar-refractivity contribution in [3.05, 3.63) is 35.1 Å². The fraction of sp³-hybridized carbons (Fsp3) is 0.312. The molecule has 3 aromatic rings. The summed E-state index contributed by atoms with van der Waals surface area (Å²) >= 11 is 3.64. The molecular weight excluding hydrogens is 344 g/mol. The first-order valence-electron chi connectivity index (χ1n) is 7.23. The Morgan fingerprint density at radius 3 is 2.91 bits per heavy atom. The van der Waals surface area contributed by atoms with Crippen LogP contribution in [0.5, 0.6) is 5.88 Å². The molecule has 0 aliphatic rings. The molecule has 0 spiro atoms. The lowest BCUT2D eigenvalue weighted by atomic mass is 10.1. The number of fused-ring (bicyclic) bond motifs is 1. The van der Waals surface area contributed by atoms with Crippen LogP contribution in [0.25, 0.3) is 22.3 Å². The Bertz CT molecular complexity index is 813. The van der Waals surface area contributed by atoms with Gasteiger partial charge in [0.2, 0.25) is 5.88 Å². The fourth-order valence-corrected chi connectivity index (χ4v) is 2.99. The normalized spacial score (nSPS) is 11.3. The molecule has 0 radical (unpaired) electrons. The molecule has 0 bridgehead atoms. The van der Waals surface area contributed by atoms with Gasteiger partial charge in [0.1, 0.15) is 11.0 Å². The molecule has 0 saturated heterocycles. The Hall–Kier alpha value is -1.95. The van der Waals surface area contributed by atoms with E-state index in [1.165, 1.54) is 0 Å². The zero-order valence-electron chi connectivity index (χ0n) is 12.7. The average Bonchev–Trinajstić information content (AvgIpc) is 2.93. The second kappa shape index (κ2) is 6.04. The average molecular weight is 361 g/mol. The van der Waals surface area contributed by atoms with E-state index >= 15 is 0 Å². The number of pyridine rings is 2. The molecule has 114 valence electrons. The quantitative estimate of drug-likeness (QED) is 0.698. The zero-order valence-corrected chi connectivity index (χ0v) is 14.3. The Morgan fingerprint density at radius 1 is 1.36 bits per heavy atom. The molecule has 0 fully saturated rings. The SMILES string of the molecule is CCOc1ncccc1-c1cc(Br)c2c(cnn2C(C)C)n1. The van der Waals surface area contributed by atoms with Crippen molar-refractivity contribution in [2.24, 2.45) is 0 Å². The highest BCUT2D eigenvalue weighted by molar-refractivity contribution is 9.10. The smallest absolute Gasteiger partial charge is 0.222 e. The first-order chi connectivity index (χ1) is 10.6. The standard InChI is InChI=1S/C16H17BrN4O/c1-4-22-16-11(6-5-7-18-16)13-8-12(17)15-14(20-13)9-19-21(15)10(2)3/h5-10H,4H2,1-3H3. The summed E-state index contributed by atoms with van der Waals surface area (Å²) in [5, 5.41) is 4.43. The van der Waals surface area contributed by atoms with E-state index < -0.39 is 0 Å². The summed E-state index contributed by atoms with van der Waals surface area (Å²) in [6.07, 6.45) is 3.51. The lowest BCUT2D eigenvalue weighted by Gasteiger charge is -2.11. The number of aromatic nitrogens is 4. The van der Waals surface area contributed by atoms with Crippen molar-refractivity contribution in [3.63, 3.8) is 0 Å². The van der Waals surface area contributed by atoms with Gasteiger partial charge in [-0.2, -0.15) is 5.10 Å². The summed E-state index contributed by atoms with van der Waals surface area (Å²) in [7, 11) is 0. The fourth-order valence-electron chi connectivity index (χ4n) is 2.38. The predicted octanol–water partition coefficient (Wildman–Crippen LogP) is 4.24. The summed E-state index contributed by atoms with van der Waals surface area (Å²) in [6, 6.07) is 6.11. The number of rotatable bonds is 4. The molecule has 0 amide bonds. The molecule has 0 atom stereocenters. The molecule has 3 aromatic heterocycles. The van der Waals surface area contributed by atoms with Crippen LogP contribution in [0.4, 0.5) is 0 Å². The summed E-state index contributed by atoms with van der Waals surface area (Å²) in [4.78, 5) is 9.01. The Kier molecular flexibility index (Phi) is 4.11. The van der Waals surface area contributed by atoms with Crippen LogP contribution in [-0.4, -0.2) is 26.4 Å². The molecule has 22 heavy (non-hydrogen) atoms. The zero-order chi connectivity index (χ0) is 15.7. The van der Waals surface area contributed by atoms with E-state index in [1.807, 2.05) is 29.8 Å². The van der Waals surface area contributed by atoms with E-state index in [4.69, 9.17) is 9.72 Å². The summed E-state index contributed by atoms with van der Waals surface area (Å²) < 4.78 is 8.52. The number of hydrogen-bond acceptors (Lipinski definition) is 4. The van der Waals surface area contributed by atoms with Crippen LogP contribution in [0, 0.1) is 0 Å². The maximum Gasteiger partial charge on any atom is 0.222 e. The van der Waals surface area contributed by atoms with Gasteiger partial charge in [0.05, 0.1) is 24.1 Å². The van der Waals surface area contributed by atoms with Crippen molar-refractivity contribution in [2.45, 2.75) is 26.8 Å². The first-order valence-corrected chi connectivity index (χ1v) is 8.03. The Labute approximate surface area is 137 Å². The van der Waals surface area contributed by atoms with Crippen molar-refractivity contribution >= 4 is 27.0 Å². The van der Waals surface area contributed by atoms with Gasteiger partial charge in [-0.15, -0.1) is 0 Å². The van der Waals surface area contributed by atoms with Crippen LogP contribution < -0.4 is 4.74 Å². The maximum atomic E-state index is 5.60. The number of ether oxygens (including phenoxy) is 1. The molecular formula is C16H17BrN4O. The highest BCUT2D eigenvalue weighted by Gasteiger charge is 2.15. The molecule has 0 saturated carbocycles. The summed E-state index contributed by atoms with van der Waals surface area (Å²) in [5.74, 6) is 0.597. The van der Waals surface area contributed by atoms with E-state index in [2.05, 4.69) is 39.9 Å². The van der Waals surface area contributed by atoms with Gasteiger partial charge in [-0.3, -0.25) is 4.68 Å². The summed E-state index contributed by atoms with van der Waals surface area (Å²) in [5.41, 5.74) is 3.55. The second-order valence-corrected chi connectivity index (χ2v) is 6.05. The highest BCUT2D eigenvalue weighted by atomic mass is 79.9. The van der Waals surface area contributed by atoms with Crippen LogP contribution in [-0.2, 0) is 0 Å². The monoisotopic (exact) mass is 360 g/mol. The molecule has 0 N–H and O–H groups in total. The van der Waals surface area contributed by atoms with Gasteiger partial charge in [-0.05, 0) is 54.9 Å².